The highest BCUT2D eigenvalue weighted by Crippen LogP contribution is 2.26. The predicted molar refractivity (Wildman–Crippen MR) is 77.6 cm³/mol. The van der Waals surface area contributed by atoms with Gasteiger partial charge >= 0.3 is 6.18 Å². The van der Waals surface area contributed by atoms with Gasteiger partial charge in [0.25, 0.3) is 0 Å². The molecule has 2 atom stereocenters. The molecule has 0 spiro atoms. The molecule has 0 radical (unpaired) electrons. The second-order valence-electron chi connectivity index (χ2n) is 5.44. The Labute approximate surface area is 131 Å². The lowest BCUT2D eigenvalue weighted by atomic mass is 10.1. The van der Waals surface area contributed by atoms with E-state index in [2.05, 4.69) is 10.1 Å². The lowest BCUT2D eigenvalue weighted by Gasteiger charge is -2.25. The molecule has 0 saturated heterocycles. The summed E-state index contributed by atoms with van der Waals surface area (Å²) in [5, 5.41) is 13.0. The lowest BCUT2D eigenvalue weighted by Crippen LogP contribution is -2.40. The van der Waals surface area contributed by atoms with Gasteiger partial charge in [0.1, 0.15) is 0 Å². The maximum absolute atomic E-state index is 12.4. The Morgan fingerprint density at radius 3 is 2.57 bits per heavy atom. The Hall–Kier alpha value is -1.93. The van der Waals surface area contributed by atoms with E-state index in [1.54, 1.807) is 6.92 Å². The highest BCUT2D eigenvalue weighted by Gasteiger charge is 2.39. The molecule has 2 unspecified atom stereocenters. The molecular formula is C15H18F3N3O2. The Balaban J connectivity index is 2.12. The number of nitrogens with zero attached hydrogens (tertiary/aromatic N) is 3. The van der Waals surface area contributed by atoms with Gasteiger partial charge in [-0.3, -0.25) is 4.90 Å². The van der Waals surface area contributed by atoms with Crippen LogP contribution in [0.2, 0.25) is 0 Å². The van der Waals surface area contributed by atoms with Crippen molar-refractivity contribution in [2.75, 3.05) is 13.6 Å². The summed E-state index contributed by atoms with van der Waals surface area (Å²) >= 11 is 0. The van der Waals surface area contributed by atoms with E-state index in [1.807, 2.05) is 31.2 Å². The normalized spacial score (nSPS) is 15.0. The fourth-order valence-electron chi connectivity index (χ4n) is 2.06. The lowest BCUT2D eigenvalue weighted by molar-refractivity contribution is -0.208. The van der Waals surface area contributed by atoms with Crippen molar-refractivity contribution in [3.63, 3.8) is 0 Å². The van der Waals surface area contributed by atoms with Crippen LogP contribution in [-0.2, 0) is 0 Å². The highest BCUT2D eigenvalue weighted by molar-refractivity contribution is 5.58. The van der Waals surface area contributed by atoms with Crippen molar-refractivity contribution in [1.82, 2.24) is 15.0 Å². The number of aliphatic hydroxyl groups is 1. The Morgan fingerprint density at radius 1 is 1.30 bits per heavy atom. The van der Waals surface area contributed by atoms with Crippen molar-refractivity contribution in [3.05, 3.63) is 35.7 Å². The number of likely N-dealkylation sites (N-methyl/N-ethyl adjacent to an activating group) is 1. The molecule has 8 heteroatoms. The van der Waals surface area contributed by atoms with Gasteiger partial charge in [0, 0.05) is 12.1 Å². The smallest absolute Gasteiger partial charge is 0.382 e. The van der Waals surface area contributed by atoms with Crippen molar-refractivity contribution in [1.29, 1.82) is 0 Å². The predicted octanol–water partition coefficient (Wildman–Crippen LogP) is 2.96. The van der Waals surface area contributed by atoms with Gasteiger partial charge in [0.05, 0.1) is 6.04 Å². The van der Waals surface area contributed by atoms with Gasteiger partial charge in [-0.1, -0.05) is 29.4 Å². The largest absolute Gasteiger partial charge is 0.415 e. The summed E-state index contributed by atoms with van der Waals surface area (Å²) in [7, 11) is 1.46. The van der Waals surface area contributed by atoms with Crippen LogP contribution in [0.3, 0.4) is 0 Å². The number of aryl methyl sites for hydroxylation is 1. The summed E-state index contributed by atoms with van der Waals surface area (Å²) in [6, 6.07) is 6.91. The topological polar surface area (TPSA) is 62.4 Å². The van der Waals surface area contributed by atoms with Crippen LogP contribution < -0.4 is 0 Å². The first-order valence-electron chi connectivity index (χ1n) is 7.04. The maximum atomic E-state index is 12.4. The molecule has 23 heavy (non-hydrogen) atoms. The van der Waals surface area contributed by atoms with E-state index in [0.29, 0.717) is 5.82 Å². The average molecular weight is 329 g/mol. The van der Waals surface area contributed by atoms with Crippen molar-refractivity contribution >= 4 is 0 Å². The summed E-state index contributed by atoms with van der Waals surface area (Å²) in [5.41, 5.74) is 1.76. The Morgan fingerprint density at radius 2 is 1.96 bits per heavy atom. The van der Waals surface area contributed by atoms with Crippen LogP contribution in [-0.4, -0.2) is 46.0 Å². The first kappa shape index (κ1) is 17.4. The molecule has 0 aliphatic rings. The molecule has 0 bridgehead atoms. The second-order valence-corrected chi connectivity index (χ2v) is 5.44. The standard InChI is InChI=1S/C15H18F3N3O2/c1-9-6-4-5-7-11(9)13-19-14(23-20-13)10(2)21(3)8-12(22)15(16,17)18/h4-7,10,12,22H,8H2,1-3H3. The Kier molecular flexibility index (Phi) is 5.06. The minimum atomic E-state index is -4.66. The highest BCUT2D eigenvalue weighted by atomic mass is 19.4. The molecule has 5 nitrogen and oxygen atoms in total. The van der Waals surface area contributed by atoms with E-state index < -0.39 is 24.9 Å². The number of alkyl halides is 3. The molecule has 1 heterocycles. The molecule has 126 valence electrons. The molecule has 0 amide bonds. The van der Waals surface area contributed by atoms with E-state index in [9.17, 15) is 13.2 Å². The van der Waals surface area contributed by atoms with Crippen LogP contribution in [0.4, 0.5) is 13.2 Å². The number of aromatic nitrogens is 2. The Bertz CT molecular complexity index is 657. The maximum Gasteiger partial charge on any atom is 0.415 e. The van der Waals surface area contributed by atoms with Crippen LogP contribution in [0.15, 0.2) is 28.8 Å². The number of hydrogen-bond donors (Lipinski definition) is 1. The van der Waals surface area contributed by atoms with Crippen LogP contribution in [0.5, 0.6) is 0 Å². The molecule has 0 aliphatic carbocycles. The van der Waals surface area contributed by atoms with Gasteiger partial charge in [-0.25, -0.2) is 0 Å². The number of aliphatic hydroxyl groups excluding tert-OH is 1. The third kappa shape index (κ3) is 4.08. The third-order valence-electron chi connectivity index (χ3n) is 3.69. The quantitative estimate of drug-likeness (QED) is 0.914. The van der Waals surface area contributed by atoms with Gasteiger partial charge in [-0.05, 0) is 26.5 Å². The summed E-state index contributed by atoms with van der Waals surface area (Å²) in [6.45, 7) is 2.96. The zero-order chi connectivity index (χ0) is 17.2. The van der Waals surface area contributed by atoms with E-state index >= 15 is 0 Å². The minimum Gasteiger partial charge on any atom is -0.382 e. The molecule has 2 aromatic rings. The summed E-state index contributed by atoms with van der Waals surface area (Å²) in [5.74, 6) is 0.579. The summed E-state index contributed by atoms with van der Waals surface area (Å²) < 4.78 is 42.4. The molecule has 0 aliphatic heterocycles. The minimum absolute atomic E-state index is 0.195. The molecule has 0 fully saturated rings. The number of rotatable bonds is 5. The van der Waals surface area contributed by atoms with Gasteiger partial charge in [0.15, 0.2) is 6.10 Å². The van der Waals surface area contributed by atoms with Crippen molar-refractivity contribution in [2.45, 2.75) is 32.2 Å². The molecule has 2 rings (SSSR count). The number of halogens is 3. The zero-order valence-corrected chi connectivity index (χ0v) is 13.0. The monoisotopic (exact) mass is 329 g/mol. The molecular weight excluding hydrogens is 311 g/mol. The molecule has 1 aromatic carbocycles. The van der Waals surface area contributed by atoms with Gasteiger partial charge < -0.3 is 9.63 Å². The summed E-state index contributed by atoms with van der Waals surface area (Å²) in [6.07, 6.45) is -7.08. The molecule has 1 aromatic heterocycles. The average Bonchev–Trinajstić information content (AvgIpc) is 2.95. The van der Waals surface area contributed by atoms with Crippen LogP contribution >= 0.6 is 0 Å². The van der Waals surface area contributed by atoms with Crippen LogP contribution in [0, 0.1) is 6.92 Å². The van der Waals surface area contributed by atoms with Crippen molar-refractivity contribution < 1.29 is 22.8 Å². The van der Waals surface area contributed by atoms with Gasteiger partial charge in [-0.2, -0.15) is 18.2 Å². The zero-order valence-electron chi connectivity index (χ0n) is 13.0. The first-order chi connectivity index (χ1) is 10.7. The fourth-order valence-corrected chi connectivity index (χ4v) is 2.06. The van der Waals surface area contributed by atoms with E-state index in [0.717, 1.165) is 11.1 Å². The second kappa shape index (κ2) is 6.67. The third-order valence-corrected chi connectivity index (χ3v) is 3.69. The van der Waals surface area contributed by atoms with Gasteiger partial charge in [-0.15, -0.1) is 0 Å². The van der Waals surface area contributed by atoms with Gasteiger partial charge in [0.2, 0.25) is 11.7 Å². The first-order valence-corrected chi connectivity index (χ1v) is 7.04. The summed E-state index contributed by atoms with van der Waals surface area (Å²) in [4.78, 5) is 5.56. The van der Waals surface area contributed by atoms with E-state index in [-0.39, 0.29) is 5.89 Å². The van der Waals surface area contributed by atoms with Crippen molar-refractivity contribution in [2.24, 2.45) is 0 Å². The van der Waals surface area contributed by atoms with Crippen LogP contribution in [0.1, 0.15) is 24.4 Å². The van der Waals surface area contributed by atoms with Crippen LogP contribution in [0.25, 0.3) is 11.4 Å². The van der Waals surface area contributed by atoms with Crippen molar-refractivity contribution in [3.8, 4) is 11.4 Å². The number of hydrogen-bond acceptors (Lipinski definition) is 5. The molecule has 0 saturated carbocycles. The van der Waals surface area contributed by atoms with E-state index in [1.165, 1.54) is 11.9 Å². The number of benzene rings is 1. The SMILES string of the molecule is Cc1ccccc1-c1noc(C(C)N(C)CC(O)C(F)(F)F)n1. The molecule has 1 N–H and O–H groups in total. The fraction of sp³-hybridized carbons (Fsp3) is 0.467. The van der Waals surface area contributed by atoms with E-state index in [4.69, 9.17) is 9.63 Å².